The van der Waals surface area contributed by atoms with Crippen LogP contribution in [0, 0.1) is 0 Å². The number of aliphatic hydroxyl groups excluding tert-OH is 1. The number of likely N-dealkylation sites (N-methyl/N-ethyl adjacent to an activating group) is 1. The Hall–Kier alpha value is -0.610. The molecule has 0 aromatic carbocycles. The van der Waals surface area contributed by atoms with Gasteiger partial charge in [0.1, 0.15) is 6.61 Å². The number of carbonyl (C=O) groups is 1. The van der Waals surface area contributed by atoms with E-state index in [9.17, 15) is 4.79 Å². The van der Waals surface area contributed by atoms with Crippen LogP contribution >= 0.6 is 0 Å². The highest BCUT2D eigenvalue weighted by molar-refractivity contribution is 5.77. The summed E-state index contributed by atoms with van der Waals surface area (Å²) >= 11 is 0. The van der Waals surface area contributed by atoms with Crippen LogP contribution in [-0.2, 0) is 4.79 Å². The molecular weight excluding hydrogens is 144 g/mol. The van der Waals surface area contributed by atoms with Crippen LogP contribution < -0.4 is 5.32 Å². The van der Waals surface area contributed by atoms with Crippen LogP contribution in [-0.4, -0.2) is 48.7 Å². The van der Waals surface area contributed by atoms with E-state index in [0.717, 1.165) is 19.5 Å². The van der Waals surface area contributed by atoms with E-state index in [1.165, 1.54) is 0 Å². The van der Waals surface area contributed by atoms with E-state index in [4.69, 9.17) is 5.11 Å². The molecule has 1 fully saturated rings. The Balaban J connectivity index is 2.39. The van der Waals surface area contributed by atoms with Gasteiger partial charge in [-0.2, -0.15) is 0 Å². The lowest BCUT2D eigenvalue weighted by atomic mass is 10.2. The Morgan fingerprint density at radius 2 is 2.55 bits per heavy atom. The summed E-state index contributed by atoms with van der Waals surface area (Å²) in [6, 6.07) is 0.273. The second-order valence-electron chi connectivity index (χ2n) is 2.81. The molecule has 0 aliphatic carbocycles. The van der Waals surface area contributed by atoms with Crippen LogP contribution in [0.3, 0.4) is 0 Å². The van der Waals surface area contributed by atoms with Gasteiger partial charge in [-0.05, 0) is 13.0 Å². The first-order chi connectivity index (χ1) is 5.25. The third-order valence-electron chi connectivity index (χ3n) is 2.11. The van der Waals surface area contributed by atoms with Crippen molar-refractivity contribution in [1.82, 2.24) is 10.2 Å². The van der Waals surface area contributed by atoms with Crippen molar-refractivity contribution >= 4 is 5.91 Å². The fourth-order valence-corrected chi connectivity index (χ4v) is 1.29. The predicted octanol–water partition coefficient (Wildman–Crippen LogP) is -1.20. The van der Waals surface area contributed by atoms with Gasteiger partial charge in [0.2, 0.25) is 5.91 Å². The Morgan fingerprint density at radius 1 is 1.82 bits per heavy atom. The molecule has 0 unspecified atom stereocenters. The van der Waals surface area contributed by atoms with Crippen LogP contribution in [0.5, 0.6) is 0 Å². The minimum atomic E-state index is -0.382. The zero-order chi connectivity index (χ0) is 8.27. The number of hydrogen-bond acceptors (Lipinski definition) is 3. The lowest BCUT2D eigenvalue weighted by molar-refractivity contribution is -0.134. The maximum Gasteiger partial charge on any atom is 0.248 e. The van der Waals surface area contributed by atoms with Crippen LogP contribution in [0.25, 0.3) is 0 Å². The average Bonchev–Trinajstić information content (AvgIpc) is 2.53. The first-order valence-electron chi connectivity index (χ1n) is 3.83. The number of aliphatic hydroxyl groups is 1. The second-order valence-corrected chi connectivity index (χ2v) is 2.81. The Bertz CT molecular complexity index is 143. The fourth-order valence-electron chi connectivity index (χ4n) is 1.29. The molecule has 0 radical (unpaired) electrons. The SMILES string of the molecule is CN(C(=O)CO)[C@@H]1CCNC1. The van der Waals surface area contributed by atoms with E-state index in [1.807, 2.05) is 0 Å². The van der Waals surface area contributed by atoms with Gasteiger partial charge in [-0.1, -0.05) is 0 Å². The summed E-state index contributed by atoms with van der Waals surface area (Å²) in [6.45, 7) is 1.43. The molecular formula is C7H14N2O2. The van der Waals surface area contributed by atoms with Crippen molar-refractivity contribution in [3.05, 3.63) is 0 Å². The molecule has 0 saturated carbocycles. The zero-order valence-corrected chi connectivity index (χ0v) is 6.71. The predicted molar refractivity (Wildman–Crippen MR) is 41.1 cm³/mol. The summed E-state index contributed by atoms with van der Waals surface area (Å²) in [5.74, 6) is -0.196. The van der Waals surface area contributed by atoms with E-state index >= 15 is 0 Å². The second kappa shape index (κ2) is 3.69. The molecule has 1 aliphatic heterocycles. The smallest absolute Gasteiger partial charge is 0.248 e. The Labute approximate surface area is 66.2 Å². The van der Waals surface area contributed by atoms with Crippen molar-refractivity contribution in [3.63, 3.8) is 0 Å². The monoisotopic (exact) mass is 158 g/mol. The molecule has 0 bridgehead atoms. The Morgan fingerprint density at radius 3 is 3.00 bits per heavy atom. The van der Waals surface area contributed by atoms with Gasteiger partial charge in [0.05, 0.1) is 0 Å². The van der Waals surface area contributed by atoms with E-state index < -0.39 is 0 Å². The third kappa shape index (κ3) is 1.91. The minimum absolute atomic E-state index is 0.196. The Kier molecular flexibility index (Phi) is 2.84. The van der Waals surface area contributed by atoms with Crippen LogP contribution in [0.1, 0.15) is 6.42 Å². The largest absolute Gasteiger partial charge is 0.387 e. The van der Waals surface area contributed by atoms with Crippen molar-refractivity contribution in [1.29, 1.82) is 0 Å². The molecule has 64 valence electrons. The molecule has 0 spiro atoms. The first-order valence-corrected chi connectivity index (χ1v) is 3.83. The molecule has 1 atom stereocenters. The van der Waals surface area contributed by atoms with E-state index in [-0.39, 0.29) is 18.6 Å². The highest BCUT2D eigenvalue weighted by Gasteiger charge is 2.21. The van der Waals surface area contributed by atoms with Gasteiger partial charge in [0, 0.05) is 19.6 Å². The summed E-state index contributed by atoms with van der Waals surface area (Å²) in [7, 11) is 1.73. The normalized spacial score (nSPS) is 23.6. The summed E-state index contributed by atoms with van der Waals surface area (Å²) in [4.78, 5) is 12.6. The van der Waals surface area contributed by atoms with Gasteiger partial charge in [-0.25, -0.2) is 0 Å². The van der Waals surface area contributed by atoms with Gasteiger partial charge in [-0.3, -0.25) is 4.79 Å². The molecule has 2 N–H and O–H groups in total. The maximum atomic E-state index is 10.9. The summed E-state index contributed by atoms with van der Waals surface area (Å²) in [5, 5.41) is 11.7. The quantitative estimate of drug-likeness (QED) is 0.530. The van der Waals surface area contributed by atoms with Gasteiger partial charge in [-0.15, -0.1) is 0 Å². The minimum Gasteiger partial charge on any atom is -0.387 e. The van der Waals surface area contributed by atoms with Crippen molar-refractivity contribution in [2.75, 3.05) is 26.7 Å². The lowest BCUT2D eigenvalue weighted by Crippen LogP contribution is -2.39. The molecule has 1 heterocycles. The maximum absolute atomic E-state index is 10.9. The number of carbonyl (C=O) groups excluding carboxylic acids is 1. The van der Waals surface area contributed by atoms with Crippen molar-refractivity contribution in [2.45, 2.75) is 12.5 Å². The van der Waals surface area contributed by atoms with E-state index in [1.54, 1.807) is 11.9 Å². The van der Waals surface area contributed by atoms with Crippen molar-refractivity contribution < 1.29 is 9.90 Å². The number of nitrogens with one attached hydrogen (secondary N) is 1. The van der Waals surface area contributed by atoms with Crippen LogP contribution in [0.4, 0.5) is 0 Å². The zero-order valence-electron chi connectivity index (χ0n) is 6.71. The average molecular weight is 158 g/mol. The highest BCUT2D eigenvalue weighted by Crippen LogP contribution is 2.05. The number of rotatable bonds is 2. The topological polar surface area (TPSA) is 52.6 Å². The van der Waals surface area contributed by atoms with E-state index in [0.29, 0.717) is 0 Å². The third-order valence-corrected chi connectivity index (χ3v) is 2.11. The number of hydrogen-bond donors (Lipinski definition) is 2. The van der Waals surface area contributed by atoms with Gasteiger partial charge in [0.25, 0.3) is 0 Å². The fraction of sp³-hybridized carbons (Fsp3) is 0.857. The van der Waals surface area contributed by atoms with Gasteiger partial charge >= 0.3 is 0 Å². The molecule has 0 aromatic rings. The number of nitrogens with zero attached hydrogens (tertiary/aromatic N) is 1. The van der Waals surface area contributed by atoms with Crippen molar-refractivity contribution in [3.8, 4) is 0 Å². The lowest BCUT2D eigenvalue weighted by Gasteiger charge is -2.22. The van der Waals surface area contributed by atoms with Gasteiger partial charge in [0.15, 0.2) is 0 Å². The van der Waals surface area contributed by atoms with Crippen molar-refractivity contribution in [2.24, 2.45) is 0 Å². The van der Waals surface area contributed by atoms with Crippen LogP contribution in [0.15, 0.2) is 0 Å². The molecule has 0 aromatic heterocycles. The summed E-state index contributed by atoms with van der Waals surface area (Å²) in [5.41, 5.74) is 0. The first kappa shape index (κ1) is 8.49. The molecule has 1 saturated heterocycles. The molecule has 1 rings (SSSR count). The number of amides is 1. The molecule has 1 amide bonds. The summed E-state index contributed by atoms with van der Waals surface area (Å²) in [6.07, 6.45) is 0.988. The summed E-state index contributed by atoms with van der Waals surface area (Å²) < 4.78 is 0. The van der Waals surface area contributed by atoms with E-state index in [2.05, 4.69) is 5.32 Å². The highest BCUT2D eigenvalue weighted by atomic mass is 16.3. The van der Waals surface area contributed by atoms with Gasteiger partial charge < -0.3 is 15.3 Å². The van der Waals surface area contributed by atoms with Crippen LogP contribution in [0.2, 0.25) is 0 Å². The standard InChI is InChI=1S/C7H14N2O2/c1-9(7(11)5-10)6-2-3-8-4-6/h6,8,10H,2-5H2,1H3/t6-/m1/s1. The molecule has 4 nitrogen and oxygen atoms in total. The molecule has 11 heavy (non-hydrogen) atoms. The molecule has 1 aliphatic rings. The molecule has 4 heteroatoms.